The van der Waals surface area contributed by atoms with Crippen LogP contribution in [-0.2, 0) is 17.6 Å². The zero-order valence-electron chi connectivity index (χ0n) is 13.2. The smallest absolute Gasteiger partial charge is 0.134 e. The van der Waals surface area contributed by atoms with E-state index in [1.54, 1.807) is 6.92 Å². The van der Waals surface area contributed by atoms with Crippen LogP contribution in [0.25, 0.3) is 11.1 Å². The van der Waals surface area contributed by atoms with Gasteiger partial charge in [-0.15, -0.1) is 0 Å². The Bertz CT molecular complexity index is 689. The number of anilines is 1. The van der Waals surface area contributed by atoms with Crippen molar-refractivity contribution in [2.75, 3.05) is 11.4 Å². The highest BCUT2D eigenvalue weighted by molar-refractivity contribution is 5.78. The Hall–Kier alpha value is -2.13. The summed E-state index contributed by atoms with van der Waals surface area (Å²) in [6, 6.07) is 14.9. The minimum absolute atomic E-state index is 0.0537. The molecule has 0 saturated carbocycles. The number of hydrogen-bond acceptors (Lipinski definition) is 3. The van der Waals surface area contributed by atoms with Crippen molar-refractivity contribution < 1.29 is 4.79 Å². The normalized spacial score (nSPS) is 14.8. The predicted molar refractivity (Wildman–Crippen MR) is 91.0 cm³/mol. The molecule has 3 heteroatoms. The van der Waals surface area contributed by atoms with Gasteiger partial charge in [0.05, 0.1) is 6.17 Å². The Balaban J connectivity index is 1.86. The minimum Gasteiger partial charge on any atom is -0.356 e. The van der Waals surface area contributed by atoms with Crippen LogP contribution in [0.4, 0.5) is 5.69 Å². The van der Waals surface area contributed by atoms with Gasteiger partial charge in [-0.25, -0.2) is 0 Å². The fraction of sp³-hybridized carbons (Fsp3) is 0.316. The maximum Gasteiger partial charge on any atom is 0.134 e. The molecule has 0 radical (unpaired) electrons. The first-order valence-corrected chi connectivity index (χ1v) is 7.78. The molecule has 0 aromatic heterocycles. The Labute approximate surface area is 131 Å². The molecule has 1 atom stereocenters. The van der Waals surface area contributed by atoms with Crippen LogP contribution >= 0.6 is 0 Å². The largest absolute Gasteiger partial charge is 0.356 e. The van der Waals surface area contributed by atoms with Crippen molar-refractivity contribution in [1.29, 1.82) is 0 Å². The van der Waals surface area contributed by atoms with Gasteiger partial charge < -0.3 is 10.6 Å². The second kappa shape index (κ2) is 5.93. The molecule has 2 aromatic carbocycles. The summed E-state index contributed by atoms with van der Waals surface area (Å²) in [5.74, 6) is 0.196. The zero-order valence-corrected chi connectivity index (χ0v) is 13.2. The Kier molecular flexibility index (Phi) is 3.99. The molecule has 1 aliphatic rings. The van der Waals surface area contributed by atoms with Crippen LogP contribution in [0.15, 0.2) is 42.5 Å². The highest BCUT2D eigenvalue weighted by Gasteiger charge is 2.21. The number of fused-ring (bicyclic) bond motifs is 1. The Morgan fingerprint density at radius 3 is 2.50 bits per heavy atom. The van der Waals surface area contributed by atoms with E-state index in [0.29, 0.717) is 6.42 Å². The van der Waals surface area contributed by atoms with Gasteiger partial charge in [-0.1, -0.05) is 30.3 Å². The van der Waals surface area contributed by atoms with Crippen molar-refractivity contribution in [1.82, 2.24) is 0 Å². The molecule has 1 heterocycles. The van der Waals surface area contributed by atoms with Gasteiger partial charge in [0.15, 0.2) is 0 Å². The van der Waals surface area contributed by atoms with E-state index in [9.17, 15) is 4.79 Å². The fourth-order valence-electron chi connectivity index (χ4n) is 3.13. The van der Waals surface area contributed by atoms with Crippen molar-refractivity contribution in [2.45, 2.75) is 32.9 Å². The first-order chi connectivity index (χ1) is 10.5. The number of rotatable bonds is 4. The SMILES string of the molecule is CC(=O)Cc1ccc(-c2ccc3c(c2)CCN3C(C)N)cc1. The van der Waals surface area contributed by atoms with Gasteiger partial charge in [0.25, 0.3) is 0 Å². The summed E-state index contributed by atoms with van der Waals surface area (Å²) in [7, 11) is 0. The predicted octanol–water partition coefficient (Wildman–Crippen LogP) is 3.15. The van der Waals surface area contributed by atoms with Gasteiger partial charge in [-0.2, -0.15) is 0 Å². The monoisotopic (exact) mass is 294 g/mol. The molecular formula is C19H22N2O. The van der Waals surface area contributed by atoms with Gasteiger partial charge >= 0.3 is 0 Å². The molecule has 0 aliphatic carbocycles. The summed E-state index contributed by atoms with van der Waals surface area (Å²) in [5.41, 5.74) is 12.1. The van der Waals surface area contributed by atoms with Gasteiger partial charge in [-0.05, 0) is 54.7 Å². The van der Waals surface area contributed by atoms with Gasteiger partial charge in [0.2, 0.25) is 0 Å². The van der Waals surface area contributed by atoms with Crippen LogP contribution < -0.4 is 10.6 Å². The molecule has 1 aliphatic heterocycles. The highest BCUT2D eigenvalue weighted by atomic mass is 16.1. The first kappa shape index (κ1) is 14.8. The standard InChI is InChI=1S/C19H22N2O/c1-13(22)11-15-3-5-16(6-4-15)17-7-8-19-18(12-17)9-10-21(19)14(2)20/h3-8,12,14H,9-11,20H2,1-2H3. The summed E-state index contributed by atoms with van der Waals surface area (Å²) in [6.07, 6.45) is 1.61. The molecule has 0 fully saturated rings. The van der Waals surface area contributed by atoms with Crippen molar-refractivity contribution in [3.8, 4) is 11.1 Å². The third kappa shape index (κ3) is 2.90. The van der Waals surface area contributed by atoms with Gasteiger partial charge in [0, 0.05) is 18.7 Å². The van der Waals surface area contributed by atoms with Crippen LogP contribution in [-0.4, -0.2) is 18.5 Å². The van der Waals surface area contributed by atoms with Crippen LogP contribution in [0.3, 0.4) is 0 Å². The summed E-state index contributed by atoms with van der Waals surface area (Å²) < 4.78 is 0. The Morgan fingerprint density at radius 2 is 1.86 bits per heavy atom. The number of carbonyl (C=O) groups excluding carboxylic acids is 1. The molecule has 2 aromatic rings. The van der Waals surface area contributed by atoms with E-state index in [-0.39, 0.29) is 11.9 Å². The lowest BCUT2D eigenvalue weighted by Gasteiger charge is -2.23. The van der Waals surface area contributed by atoms with Crippen LogP contribution in [0.2, 0.25) is 0 Å². The Morgan fingerprint density at radius 1 is 1.18 bits per heavy atom. The summed E-state index contributed by atoms with van der Waals surface area (Å²) >= 11 is 0. The lowest BCUT2D eigenvalue weighted by molar-refractivity contribution is -0.116. The number of nitrogens with zero attached hydrogens (tertiary/aromatic N) is 1. The topological polar surface area (TPSA) is 46.3 Å². The molecule has 0 saturated heterocycles. The molecule has 2 N–H and O–H groups in total. The van der Waals surface area contributed by atoms with E-state index >= 15 is 0 Å². The molecule has 22 heavy (non-hydrogen) atoms. The van der Waals surface area contributed by atoms with E-state index < -0.39 is 0 Å². The van der Waals surface area contributed by atoms with E-state index in [1.807, 2.05) is 19.1 Å². The van der Waals surface area contributed by atoms with Crippen molar-refractivity contribution in [3.63, 3.8) is 0 Å². The average molecular weight is 294 g/mol. The third-order valence-electron chi connectivity index (χ3n) is 4.24. The molecule has 0 amide bonds. The molecule has 3 rings (SSSR count). The van der Waals surface area contributed by atoms with Crippen molar-refractivity contribution in [3.05, 3.63) is 53.6 Å². The fourth-order valence-corrected chi connectivity index (χ4v) is 3.13. The summed E-state index contributed by atoms with van der Waals surface area (Å²) in [4.78, 5) is 13.4. The number of Topliss-reactive ketones (excluding diaryl/α,β-unsaturated/α-hetero) is 1. The number of hydrogen-bond donors (Lipinski definition) is 1. The molecule has 114 valence electrons. The summed E-state index contributed by atoms with van der Waals surface area (Å²) in [6.45, 7) is 4.64. The lowest BCUT2D eigenvalue weighted by atomic mass is 9.99. The number of nitrogens with two attached hydrogens (primary N) is 1. The molecule has 1 unspecified atom stereocenters. The quantitative estimate of drug-likeness (QED) is 0.942. The second-order valence-electron chi connectivity index (χ2n) is 6.10. The highest BCUT2D eigenvalue weighted by Crippen LogP contribution is 2.32. The van der Waals surface area contributed by atoms with Gasteiger partial charge in [-0.3, -0.25) is 4.79 Å². The number of benzene rings is 2. The van der Waals surface area contributed by atoms with Gasteiger partial charge in [0.1, 0.15) is 5.78 Å². The molecule has 0 spiro atoms. The van der Waals surface area contributed by atoms with Crippen molar-refractivity contribution >= 4 is 11.5 Å². The number of ketones is 1. The van der Waals surface area contributed by atoms with Crippen molar-refractivity contribution in [2.24, 2.45) is 5.73 Å². The van der Waals surface area contributed by atoms with E-state index in [1.165, 1.54) is 22.4 Å². The van der Waals surface area contributed by atoms with E-state index in [0.717, 1.165) is 18.5 Å². The van der Waals surface area contributed by atoms with E-state index in [4.69, 9.17) is 5.73 Å². The molecule has 0 bridgehead atoms. The minimum atomic E-state index is 0.0537. The third-order valence-corrected chi connectivity index (χ3v) is 4.24. The first-order valence-electron chi connectivity index (χ1n) is 7.78. The number of carbonyl (C=O) groups is 1. The maximum absolute atomic E-state index is 11.2. The van der Waals surface area contributed by atoms with Crippen LogP contribution in [0.1, 0.15) is 25.0 Å². The maximum atomic E-state index is 11.2. The molecular weight excluding hydrogens is 272 g/mol. The van der Waals surface area contributed by atoms with Crippen LogP contribution in [0.5, 0.6) is 0 Å². The van der Waals surface area contributed by atoms with Crippen LogP contribution in [0, 0.1) is 0 Å². The van der Waals surface area contributed by atoms with E-state index in [2.05, 4.69) is 35.2 Å². The second-order valence-corrected chi connectivity index (χ2v) is 6.10. The summed E-state index contributed by atoms with van der Waals surface area (Å²) in [5, 5.41) is 0. The molecule has 3 nitrogen and oxygen atoms in total. The lowest BCUT2D eigenvalue weighted by Crippen LogP contribution is -2.38. The average Bonchev–Trinajstić information content (AvgIpc) is 2.90. The zero-order chi connectivity index (χ0) is 15.7.